The first-order valence-electron chi connectivity index (χ1n) is 13.2. The maximum Gasteiger partial charge on any atom is 0.305 e. The molecule has 3 N–H and O–H groups in total. The van der Waals surface area contributed by atoms with E-state index in [4.69, 9.17) is 21.1 Å². The Kier molecular flexibility index (Phi) is 7.91. The summed E-state index contributed by atoms with van der Waals surface area (Å²) in [6.45, 7) is 1.80. The molecule has 3 aromatic carbocycles. The molecule has 0 bridgehead atoms. The average molecular weight is 638 g/mol. The number of hydrogen-bond acceptors (Lipinski definition) is 9. The number of thiazole rings is 1. The molecule has 3 amide bonds. The number of nitrogens with one attached hydrogen (secondary N) is 2. The van der Waals surface area contributed by atoms with Gasteiger partial charge in [0, 0.05) is 21.5 Å². The fourth-order valence-corrected chi connectivity index (χ4v) is 7.85. The number of imide groups is 1. The standard InChI is InChI=1S/C30H24ClN3O7S2/c1-2-40-21-13-15(3-12-20(21)41-14-22(36)32-17-6-10-19(35)11-7-17)23-24-26(42-27-25(23)43-30(39)33-27)29(38)34(28(24)37)18-8-4-16(31)5-9-18/h3-13,23-24,26,35H,2,14H2,1H3,(H,32,36)(H,33,39). The fraction of sp³-hybridized carbons (Fsp3) is 0.200. The van der Waals surface area contributed by atoms with E-state index in [1.165, 1.54) is 28.8 Å². The molecule has 1 fully saturated rings. The Morgan fingerprint density at radius 3 is 2.47 bits per heavy atom. The van der Waals surface area contributed by atoms with Crippen LogP contribution in [0.1, 0.15) is 23.3 Å². The minimum absolute atomic E-state index is 0.0824. The topological polar surface area (TPSA) is 138 Å². The number of carbonyl (C=O) groups excluding carboxylic acids is 3. The van der Waals surface area contributed by atoms with Gasteiger partial charge in [-0.1, -0.05) is 40.8 Å². The quantitative estimate of drug-likeness (QED) is 0.181. The Labute approximate surface area is 258 Å². The molecule has 0 spiro atoms. The normalized spacial score (nSPS) is 19.1. The van der Waals surface area contributed by atoms with Crippen molar-refractivity contribution >= 4 is 63.8 Å². The van der Waals surface area contributed by atoms with E-state index in [-0.39, 0.29) is 29.0 Å². The number of benzene rings is 3. The summed E-state index contributed by atoms with van der Waals surface area (Å²) in [7, 11) is 0. The number of rotatable bonds is 8. The van der Waals surface area contributed by atoms with Gasteiger partial charge >= 0.3 is 4.87 Å². The lowest BCUT2D eigenvalue weighted by Crippen LogP contribution is -2.32. The van der Waals surface area contributed by atoms with Gasteiger partial charge in [0.2, 0.25) is 11.8 Å². The van der Waals surface area contributed by atoms with Crippen molar-refractivity contribution in [3.8, 4) is 17.2 Å². The van der Waals surface area contributed by atoms with Gasteiger partial charge in [0.05, 0.1) is 23.2 Å². The molecule has 220 valence electrons. The van der Waals surface area contributed by atoms with E-state index in [1.807, 2.05) is 0 Å². The molecule has 0 saturated carbocycles. The van der Waals surface area contributed by atoms with Gasteiger partial charge in [0.1, 0.15) is 11.0 Å². The van der Waals surface area contributed by atoms with Crippen LogP contribution in [0.15, 0.2) is 76.6 Å². The van der Waals surface area contributed by atoms with Crippen LogP contribution in [-0.4, -0.2) is 46.3 Å². The Bertz CT molecular complexity index is 1770. The van der Waals surface area contributed by atoms with Crippen molar-refractivity contribution in [2.45, 2.75) is 23.1 Å². The zero-order chi connectivity index (χ0) is 30.2. The third-order valence-corrected chi connectivity index (χ3v) is 9.70. The number of aromatic hydroxyl groups is 1. The number of phenols is 1. The van der Waals surface area contributed by atoms with Crippen molar-refractivity contribution in [1.82, 2.24) is 4.98 Å². The van der Waals surface area contributed by atoms with Crippen LogP contribution in [0.3, 0.4) is 0 Å². The van der Waals surface area contributed by atoms with E-state index < -0.39 is 23.0 Å². The molecular formula is C30H24ClN3O7S2. The lowest BCUT2D eigenvalue weighted by molar-refractivity contribution is -0.122. The Hall–Kier alpha value is -4.26. The SMILES string of the molecule is CCOc1cc(C2c3sc(=O)[nH]c3SC3C(=O)N(c4ccc(Cl)cc4)C(=O)C32)ccc1OCC(=O)Nc1ccc(O)cc1. The highest BCUT2D eigenvalue weighted by molar-refractivity contribution is 8.00. The molecule has 13 heteroatoms. The number of carbonyl (C=O) groups is 3. The molecule has 3 atom stereocenters. The Morgan fingerprint density at radius 1 is 1.00 bits per heavy atom. The number of halogens is 1. The van der Waals surface area contributed by atoms with E-state index in [0.29, 0.717) is 50.0 Å². The monoisotopic (exact) mass is 637 g/mol. The summed E-state index contributed by atoms with van der Waals surface area (Å²) in [5.74, 6) is -1.78. The highest BCUT2D eigenvalue weighted by Crippen LogP contribution is 2.53. The van der Waals surface area contributed by atoms with E-state index in [1.54, 1.807) is 61.5 Å². The highest BCUT2D eigenvalue weighted by Gasteiger charge is 2.56. The van der Waals surface area contributed by atoms with Gasteiger partial charge in [-0.05, 0) is 73.2 Å². The van der Waals surface area contributed by atoms with E-state index in [9.17, 15) is 24.3 Å². The van der Waals surface area contributed by atoms with Crippen LogP contribution >= 0.6 is 34.7 Å². The molecular weight excluding hydrogens is 614 g/mol. The van der Waals surface area contributed by atoms with Crippen LogP contribution in [-0.2, 0) is 14.4 Å². The van der Waals surface area contributed by atoms with Crippen molar-refractivity contribution in [2.75, 3.05) is 23.4 Å². The van der Waals surface area contributed by atoms with Crippen molar-refractivity contribution in [1.29, 1.82) is 0 Å². The lowest BCUT2D eigenvalue weighted by atomic mass is 9.83. The van der Waals surface area contributed by atoms with Crippen molar-refractivity contribution in [3.63, 3.8) is 0 Å². The zero-order valence-electron chi connectivity index (χ0n) is 22.5. The summed E-state index contributed by atoms with van der Waals surface area (Å²) < 4.78 is 11.6. The second-order valence-electron chi connectivity index (χ2n) is 9.76. The number of phenolic OH excluding ortho intramolecular Hbond substituents is 1. The summed E-state index contributed by atoms with van der Waals surface area (Å²) in [6, 6.07) is 17.7. The maximum atomic E-state index is 13.9. The minimum atomic E-state index is -0.774. The van der Waals surface area contributed by atoms with Crippen LogP contribution in [0.2, 0.25) is 5.02 Å². The number of nitrogens with zero attached hydrogens (tertiary/aromatic N) is 1. The molecule has 2 aliphatic rings. The summed E-state index contributed by atoms with van der Waals surface area (Å²) in [6.07, 6.45) is 0. The van der Waals surface area contributed by atoms with E-state index >= 15 is 0 Å². The average Bonchev–Trinajstić information content (AvgIpc) is 3.48. The number of aromatic amines is 1. The zero-order valence-corrected chi connectivity index (χ0v) is 24.9. The first-order valence-corrected chi connectivity index (χ1v) is 15.3. The van der Waals surface area contributed by atoms with Gasteiger partial charge in [-0.25, -0.2) is 4.90 Å². The molecule has 0 radical (unpaired) electrons. The third kappa shape index (κ3) is 5.61. The molecule has 1 aromatic heterocycles. The maximum absolute atomic E-state index is 13.9. The number of thioether (sulfide) groups is 1. The lowest BCUT2D eigenvalue weighted by Gasteiger charge is -2.30. The highest BCUT2D eigenvalue weighted by atomic mass is 35.5. The van der Waals surface area contributed by atoms with Gasteiger partial charge in [-0.2, -0.15) is 0 Å². The molecule has 10 nitrogen and oxygen atoms in total. The third-order valence-electron chi connectivity index (χ3n) is 7.05. The first kappa shape index (κ1) is 28.8. The van der Waals surface area contributed by atoms with E-state index in [2.05, 4.69) is 10.3 Å². The van der Waals surface area contributed by atoms with Crippen molar-refractivity contribution in [2.24, 2.45) is 5.92 Å². The largest absolute Gasteiger partial charge is 0.508 e. The van der Waals surface area contributed by atoms with E-state index in [0.717, 1.165) is 11.3 Å². The Morgan fingerprint density at radius 2 is 1.74 bits per heavy atom. The number of hydrogen-bond donors (Lipinski definition) is 3. The minimum Gasteiger partial charge on any atom is -0.508 e. The summed E-state index contributed by atoms with van der Waals surface area (Å²) in [5.41, 5.74) is 1.59. The van der Waals surface area contributed by atoms with Gasteiger partial charge in [-0.3, -0.25) is 19.2 Å². The first-order chi connectivity index (χ1) is 20.7. The van der Waals surface area contributed by atoms with Crippen LogP contribution in [0.5, 0.6) is 17.2 Å². The van der Waals surface area contributed by atoms with Crippen LogP contribution in [0, 0.1) is 5.92 Å². The summed E-state index contributed by atoms with van der Waals surface area (Å²) >= 11 is 8.24. The van der Waals surface area contributed by atoms with Crippen molar-refractivity contribution in [3.05, 3.63) is 91.9 Å². The molecule has 1 saturated heterocycles. The number of fused-ring (bicyclic) bond motifs is 2. The molecule has 3 heterocycles. The van der Waals surface area contributed by atoms with Gasteiger partial charge in [-0.15, -0.1) is 0 Å². The molecule has 6 rings (SSSR count). The fourth-order valence-electron chi connectivity index (χ4n) is 5.21. The molecule has 43 heavy (non-hydrogen) atoms. The van der Waals surface area contributed by atoms with Crippen LogP contribution in [0.25, 0.3) is 0 Å². The molecule has 2 aliphatic heterocycles. The number of aromatic nitrogens is 1. The molecule has 0 aliphatic carbocycles. The number of amides is 3. The summed E-state index contributed by atoms with van der Waals surface area (Å²) in [5, 5.41) is 12.4. The Balaban J connectivity index is 1.31. The second-order valence-corrected chi connectivity index (χ2v) is 12.4. The number of H-pyrrole nitrogens is 1. The predicted octanol–water partition coefficient (Wildman–Crippen LogP) is 5.01. The van der Waals surface area contributed by atoms with Crippen molar-refractivity contribution < 1.29 is 29.0 Å². The second kappa shape index (κ2) is 11.8. The van der Waals surface area contributed by atoms with Crippen LogP contribution < -0.4 is 24.6 Å². The van der Waals surface area contributed by atoms with Gasteiger partial charge < -0.3 is 24.9 Å². The number of anilines is 2. The smallest absolute Gasteiger partial charge is 0.305 e. The van der Waals surface area contributed by atoms with Crippen LogP contribution in [0.4, 0.5) is 11.4 Å². The molecule has 3 unspecified atom stereocenters. The number of ether oxygens (including phenoxy) is 2. The summed E-state index contributed by atoms with van der Waals surface area (Å²) in [4.78, 5) is 56.9. The predicted molar refractivity (Wildman–Crippen MR) is 164 cm³/mol. The van der Waals surface area contributed by atoms with Gasteiger partial charge in [0.25, 0.3) is 5.91 Å². The molecule has 4 aromatic rings. The van der Waals surface area contributed by atoms with Gasteiger partial charge in [0.15, 0.2) is 18.1 Å².